The second-order valence-corrected chi connectivity index (χ2v) is 13.7. The van der Waals surface area contributed by atoms with E-state index in [1.807, 2.05) is 0 Å². The summed E-state index contributed by atoms with van der Waals surface area (Å²) >= 11 is 12.7. The molecular formula is C36H68O6S3. The Kier molecular flexibility index (Phi) is 35.9. The van der Waals surface area contributed by atoms with Crippen LogP contribution < -0.4 is 0 Å². The summed E-state index contributed by atoms with van der Waals surface area (Å²) in [7, 11) is 0. The SMILES string of the molecule is O=C(CCCCCCCCCCS)OCC(COC(=O)CCCCCCCCCCS)OC(=O)CCCCCCCCCCS. The third-order valence-corrected chi connectivity index (χ3v) is 8.97. The maximum atomic E-state index is 12.5. The van der Waals surface area contributed by atoms with Crippen LogP contribution in [0, 0.1) is 0 Å². The van der Waals surface area contributed by atoms with Gasteiger partial charge < -0.3 is 14.2 Å². The van der Waals surface area contributed by atoms with Crippen molar-refractivity contribution >= 4 is 55.8 Å². The number of unbranched alkanes of at least 4 members (excludes halogenated alkanes) is 21. The van der Waals surface area contributed by atoms with E-state index in [-0.39, 0.29) is 31.1 Å². The number of esters is 3. The van der Waals surface area contributed by atoms with Gasteiger partial charge >= 0.3 is 17.9 Å². The lowest BCUT2D eigenvalue weighted by Gasteiger charge is -2.18. The van der Waals surface area contributed by atoms with Gasteiger partial charge in [-0.3, -0.25) is 14.4 Å². The average molecular weight is 693 g/mol. The van der Waals surface area contributed by atoms with Crippen LogP contribution in [0.15, 0.2) is 0 Å². The van der Waals surface area contributed by atoms with E-state index in [1.54, 1.807) is 0 Å². The van der Waals surface area contributed by atoms with Crippen molar-refractivity contribution in [1.29, 1.82) is 0 Å². The van der Waals surface area contributed by atoms with Crippen LogP contribution in [0.4, 0.5) is 0 Å². The number of carbonyl (C=O) groups excluding carboxylic acids is 3. The van der Waals surface area contributed by atoms with E-state index >= 15 is 0 Å². The van der Waals surface area contributed by atoms with Crippen molar-refractivity contribution in [3.8, 4) is 0 Å². The zero-order valence-electron chi connectivity index (χ0n) is 28.5. The third-order valence-electron chi connectivity index (χ3n) is 8.03. The summed E-state index contributed by atoms with van der Waals surface area (Å²) in [4.78, 5) is 37.2. The standard InChI is InChI=1S/C36H68O6S3/c37-34(25-19-13-7-1-4-10-16-22-28-43)40-31-33(42-36(39)27-21-15-9-3-6-12-18-24-30-45)32-41-35(38)26-20-14-8-2-5-11-17-23-29-44/h33,43-45H,1-32H2. The molecule has 0 atom stereocenters. The molecule has 0 amide bonds. The maximum absolute atomic E-state index is 12.5. The van der Waals surface area contributed by atoms with E-state index < -0.39 is 6.10 Å². The first kappa shape index (κ1) is 44.5. The molecule has 0 aromatic heterocycles. The lowest BCUT2D eigenvalue weighted by molar-refractivity contribution is -0.167. The van der Waals surface area contributed by atoms with Gasteiger partial charge in [0.2, 0.25) is 0 Å². The number of ether oxygens (including phenoxy) is 3. The highest BCUT2D eigenvalue weighted by molar-refractivity contribution is 7.80. The molecule has 266 valence electrons. The molecule has 0 aliphatic heterocycles. The van der Waals surface area contributed by atoms with Crippen LogP contribution >= 0.6 is 37.9 Å². The first-order valence-corrected chi connectivity index (χ1v) is 20.3. The Morgan fingerprint density at radius 2 is 0.600 bits per heavy atom. The summed E-state index contributed by atoms with van der Waals surface area (Å²) in [6, 6.07) is 0. The summed E-state index contributed by atoms with van der Waals surface area (Å²) < 4.78 is 16.5. The van der Waals surface area contributed by atoms with Gasteiger partial charge in [0.25, 0.3) is 0 Å². The molecule has 0 aliphatic carbocycles. The molecule has 0 rings (SSSR count). The van der Waals surface area contributed by atoms with Crippen LogP contribution in [0.25, 0.3) is 0 Å². The zero-order valence-corrected chi connectivity index (χ0v) is 31.2. The lowest BCUT2D eigenvalue weighted by atomic mass is 10.1. The Morgan fingerprint density at radius 3 is 0.889 bits per heavy atom. The third kappa shape index (κ3) is 34.6. The molecule has 0 aromatic carbocycles. The molecule has 0 aromatic rings. The summed E-state index contributed by atoms with van der Waals surface area (Å²) in [5, 5.41) is 0. The Labute approximate surface area is 293 Å². The molecule has 0 N–H and O–H groups in total. The Bertz CT molecular complexity index is 641. The van der Waals surface area contributed by atoms with E-state index in [9.17, 15) is 14.4 Å². The number of carbonyl (C=O) groups is 3. The number of rotatable bonds is 35. The molecule has 9 heteroatoms. The minimum atomic E-state index is -0.772. The predicted molar refractivity (Wildman–Crippen MR) is 198 cm³/mol. The number of hydrogen-bond donors (Lipinski definition) is 3. The highest BCUT2D eigenvalue weighted by atomic mass is 32.1. The van der Waals surface area contributed by atoms with Gasteiger partial charge in [0.1, 0.15) is 13.2 Å². The second-order valence-electron chi connectivity index (χ2n) is 12.4. The van der Waals surface area contributed by atoms with Gasteiger partial charge in [-0.05, 0) is 55.8 Å². The molecule has 45 heavy (non-hydrogen) atoms. The largest absolute Gasteiger partial charge is 0.462 e. The minimum Gasteiger partial charge on any atom is -0.462 e. The highest BCUT2D eigenvalue weighted by Gasteiger charge is 2.19. The monoisotopic (exact) mass is 692 g/mol. The second kappa shape index (κ2) is 36.3. The van der Waals surface area contributed by atoms with Crippen LogP contribution in [0.1, 0.15) is 173 Å². The van der Waals surface area contributed by atoms with Crippen LogP contribution in [0.3, 0.4) is 0 Å². The Hall–Kier alpha value is -0.540. The fraction of sp³-hybridized carbons (Fsp3) is 0.917. The van der Waals surface area contributed by atoms with Gasteiger partial charge in [-0.1, -0.05) is 116 Å². The summed E-state index contributed by atoms with van der Waals surface area (Å²) in [5.74, 6) is 1.95. The Morgan fingerprint density at radius 1 is 0.356 bits per heavy atom. The van der Waals surface area contributed by atoms with Gasteiger partial charge in [0.05, 0.1) is 0 Å². The number of hydrogen-bond acceptors (Lipinski definition) is 9. The van der Waals surface area contributed by atoms with E-state index in [2.05, 4.69) is 37.9 Å². The lowest BCUT2D eigenvalue weighted by Crippen LogP contribution is -2.30. The summed E-state index contributed by atoms with van der Waals surface area (Å²) in [5.41, 5.74) is 0. The zero-order chi connectivity index (χ0) is 33.1. The average Bonchev–Trinajstić information content (AvgIpc) is 3.03. The van der Waals surface area contributed by atoms with Gasteiger partial charge in [0.15, 0.2) is 6.10 Å². The van der Waals surface area contributed by atoms with Crippen molar-refractivity contribution in [2.24, 2.45) is 0 Å². The van der Waals surface area contributed by atoms with Gasteiger partial charge in [0, 0.05) is 19.3 Å². The smallest absolute Gasteiger partial charge is 0.306 e. The predicted octanol–water partition coefficient (Wildman–Crippen LogP) is 10.3. The molecule has 6 nitrogen and oxygen atoms in total. The molecule has 0 fully saturated rings. The van der Waals surface area contributed by atoms with Gasteiger partial charge in [-0.25, -0.2) is 0 Å². The van der Waals surface area contributed by atoms with E-state index in [0.717, 1.165) is 75.0 Å². The first-order chi connectivity index (χ1) is 22.0. The van der Waals surface area contributed by atoms with Crippen molar-refractivity contribution in [3.63, 3.8) is 0 Å². The fourth-order valence-corrected chi connectivity index (χ4v) is 5.87. The quantitative estimate of drug-likeness (QED) is 0.0266. The highest BCUT2D eigenvalue weighted by Crippen LogP contribution is 2.14. The molecule has 0 heterocycles. The molecule has 0 saturated heterocycles. The maximum Gasteiger partial charge on any atom is 0.306 e. The number of thiol groups is 3. The molecule has 0 radical (unpaired) electrons. The van der Waals surface area contributed by atoms with Crippen molar-refractivity contribution in [3.05, 3.63) is 0 Å². The Balaban J connectivity index is 4.34. The normalized spacial score (nSPS) is 11.2. The van der Waals surface area contributed by atoms with Crippen LogP contribution in [-0.4, -0.2) is 54.5 Å². The van der Waals surface area contributed by atoms with Crippen LogP contribution in [-0.2, 0) is 28.6 Å². The van der Waals surface area contributed by atoms with Crippen LogP contribution in [0.2, 0.25) is 0 Å². The molecule has 0 unspecified atom stereocenters. The minimum absolute atomic E-state index is 0.0809. The van der Waals surface area contributed by atoms with E-state index in [0.29, 0.717) is 19.3 Å². The van der Waals surface area contributed by atoms with Crippen molar-refractivity contribution < 1.29 is 28.6 Å². The molecule has 0 bridgehead atoms. The van der Waals surface area contributed by atoms with Crippen LogP contribution in [0.5, 0.6) is 0 Å². The van der Waals surface area contributed by atoms with Crippen molar-refractivity contribution in [2.45, 2.75) is 179 Å². The topological polar surface area (TPSA) is 78.9 Å². The van der Waals surface area contributed by atoms with E-state index in [4.69, 9.17) is 14.2 Å². The first-order valence-electron chi connectivity index (χ1n) is 18.4. The van der Waals surface area contributed by atoms with Gasteiger partial charge in [-0.2, -0.15) is 37.9 Å². The van der Waals surface area contributed by atoms with Gasteiger partial charge in [-0.15, -0.1) is 0 Å². The molecule has 0 spiro atoms. The summed E-state index contributed by atoms with van der Waals surface area (Å²) in [6.07, 6.45) is 27.2. The van der Waals surface area contributed by atoms with Crippen molar-refractivity contribution in [2.75, 3.05) is 30.5 Å². The molecule has 0 saturated carbocycles. The van der Waals surface area contributed by atoms with E-state index in [1.165, 1.54) is 96.3 Å². The summed E-state index contributed by atoms with van der Waals surface area (Å²) in [6.45, 7) is -0.162. The molecular weight excluding hydrogens is 625 g/mol. The molecule has 0 aliphatic rings. The van der Waals surface area contributed by atoms with Crippen molar-refractivity contribution in [1.82, 2.24) is 0 Å². The fourth-order valence-electron chi connectivity index (χ4n) is 5.20.